The first-order valence-corrected chi connectivity index (χ1v) is 19.3. The Morgan fingerprint density at radius 3 is 1.33 bits per heavy atom. The number of nitrogens with two attached hydrogens (primary N) is 2. The topological polar surface area (TPSA) is 87.6 Å². The van der Waals surface area contributed by atoms with Gasteiger partial charge in [0.05, 0.1) is 11.1 Å². The van der Waals surface area contributed by atoms with E-state index in [4.69, 9.17) is 43.7 Å². The Bertz CT molecular complexity index is 1730. The van der Waals surface area contributed by atoms with Crippen LogP contribution in [-0.4, -0.2) is 24.3 Å². The van der Waals surface area contributed by atoms with Gasteiger partial charge in [0.25, 0.3) is 0 Å². The molecule has 0 amide bonds. The fourth-order valence-electron chi connectivity index (χ4n) is 4.75. The van der Waals surface area contributed by atoms with Crippen molar-refractivity contribution in [1.29, 1.82) is 0 Å². The van der Waals surface area contributed by atoms with Crippen LogP contribution < -0.4 is 11.5 Å². The van der Waals surface area contributed by atoms with E-state index in [9.17, 15) is 30.9 Å². The van der Waals surface area contributed by atoms with Crippen molar-refractivity contribution in [2.24, 2.45) is 11.5 Å². The molecule has 0 aliphatic heterocycles. The average Bonchev–Trinajstić information content (AvgIpc) is 3.05. The lowest BCUT2D eigenvalue weighted by Gasteiger charge is -2.23. The number of alkyl halides is 6. The normalized spacial score (nSPS) is 14.9. The fourth-order valence-corrected chi connectivity index (χ4v) is 8.14. The maximum Gasteiger partial charge on any atom is 0.697 e. The highest BCUT2D eigenvalue weighted by molar-refractivity contribution is 7.99. The summed E-state index contributed by atoms with van der Waals surface area (Å²) in [5.41, 5.74) is 11.1. The van der Waals surface area contributed by atoms with E-state index in [1.165, 1.54) is 35.7 Å². The Morgan fingerprint density at radius 2 is 0.981 bits per heavy atom. The molecule has 0 saturated carbocycles. The monoisotopic (exact) mass is 823 g/mol. The minimum absolute atomic E-state index is 0.0783. The number of aryl methyl sites for hydroxylation is 2. The van der Waals surface area contributed by atoms with Gasteiger partial charge in [-0.3, -0.25) is 0 Å². The van der Waals surface area contributed by atoms with E-state index in [-0.39, 0.29) is 13.2 Å². The Kier molecular flexibility index (Phi) is 14.6. The second-order valence-corrected chi connectivity index (χ2v) is 16.9. The fraction of sp³-hybridized carbons (Fsp3) is 0.333. The Balaban J connectivity index is 1.20. The van der Waals surface area contributed by atoms with Crippen LogP contribution >= 0.6 is 55.0 Å². The zero-order valence-electron chi connectivity index (χ0n) is 28.0. The van der Waals surface area contributed by atoms with E-state index in [0.717, 1.165) is 35.4 Å². The molecule has 5 nitrogen and oxygen atoms in total. The van der Waals surface area contributed by atoms with Gasteiger partial charge in [0.2, 0.25) is 0 Å². The summed E-state index contributed by atoms with van der Waals surface area (Å²) in [4.78, 5) is 2.23. The molecule has 0 spiro atoms. The van der Waals surface area contributed by atoms with E-state index in [0.29, 0.717) is 55.3 Å². The zero-order chi connectivity index (χ0) is 38.3. The maximum atomic E-state index is 13.1. The zero-order valence-corrected chi connectivity index (χ0v) is 32.0. The number of hydrogen-bond donors (Lipinski definition) is 2. The first kappa shape index (κ1) is 42.4. The van der Waals surface area contributed by atoms with Gasteiger partial charge in [0.1, 0.15) is 13.2 Å². The third-order valence-corrected chi connectivity index (χ3v) is 11.1. The van der Waals surface area contributed by atoms with Crippen LogP contribution in [0.25, 0.3) is 0 Å². The molecule has 2 unspecified atom stereocenters. The minimum atomic E-state index is -4.43. The van der Waals surface area contributed by atoms with Gasteiger partial charge in [0.15, 0.2) is 0 Å². The van der Waals surface area contributed by atoms with Crippen LogP contribution in [-0.2, 0) is 38.8 Å². The van der Waals surface area contributed by atoms with Crippen molar-refractivity contribution in [2.75, 3.05) is 13.2 Å². The lowest BCUT2D eigenvalue weighted by molar-refractivity contribution is -0.138. The highest BCUT2D eigenvalue weighted by Crippen LogP contribution is 2.38. The smallest absolute Gasteiger partial charge is 0.323 e. The average molecular weight is 825 g/mol. The quantitative estimate of drug-likeness (QED) is 0.0859. The number of halogens is 8. The number of benzene rings is 4. The highest BCUT2D eigenvalue weighted by Gasteiger charge is 2.33. The SMILES string of the molecule is CC(N)(CCc1ccc(Sc2cccc(C(F)(F)F)c2)cc1Cl)CO[P+](=O)OCC(C)(N)CCc1ccc(Sc2cccc(C(F)(F)F)c2)cc1Cl. The lowest BCUT2D eigenvalue weighted by Crippen LogP contribution is -2.42. The summed E-state index contributed by atoms with van der Waals surface area (Å²) in [6.07, 6.45) is -7.09. The third kappa shape index (κ3) is 13.5. The van der Waals surface area contributed by atoms with Crippen molar-refractivity contribution < 1.29 is 40.0 Å². The molecule has 4 aromatic carbocycles. The number of rotatable bonds is 16. The molecule has 280 valence electrons. The van der Waals surface area contributed by atoms with E-state index in [1.807, 2.05) is 0 Å². The van der Waals surface area contributed by atoms with Crippen molar-refractivity contribution >= 4 is 55.0 Å². The van der Waals surface area contributed by atoms with Gasteiger partial charge in [-0.25, -0.2) is 0 Å². The van der Waals surface area contributed by atoms with Gasteiger partial charge < -0.3 is 11.5 Å². The van der Waals surface area contributed by atoms with E-state index in [2.05, 4.69) is 0 Å². The summed E-state index contributed by atoms with van der Waals surface area (Å²) in [6, 6.07) is 20.6. The second kappa shape index (κ2) is 17.9. The molecule has 0 aliphatic rings. The predicted octanol–water partition coefficient (Wildman–Crippen LogP) is 12.0. The highest BCUT2D eigenvalue weighted by atomic mass is 35.5. The standard InChI is InChI=1S/C36H36Cl2F6N2O3PS2/c1-33(45,15-13-23-9-11-29(19-31(23)37)51-27-7-3-5-25(17-27)35(39,40)41)21-48-50(47)49-22-34(2,46)16-14-24-10-12-30(20-32(24)38)52-28-8-4-6-26(18-28)36(42,43)44/h3-12,17-20H,13-16,21-22,45-46H2,1-2H3/q+1. The predicted molar refractivity (Wildman–Crippen MR) is 195 cm³/mol. The molecule has 16 heteroatoms. The molecule has 0 heterocycles. The Morgan fingerprint density at radius 1 is 0.615 bits per heavy atom. The molecule has 0 aliphatic carbocycles. The van der Waals surface area contributed by atoms with Crippen molar-refractivity contribution in [1.82, 2.24) is 0 Å². The molecular weight excluding hydrogens is 788 g/mol. The molecule has 4 rings (SSSR count). The number of hydrogen-bond acceptors (Lipinski definition) is 7. The van der Waals surface area contributed by atoms with Crippen molar-refractivity contribution in [2.45, 2.75) is 82.5 Å². The summed E-state index contributed by atoms with van der Waals surface area (Å²) < 4.78 is 102. The molecular formula is C36H36Cl2F6N2O3PS2+. The maximum absolute atomic E-state index is 13.1. The van der Waals surface area contributed by atoms with Gasteiger partial charge in [0, 0.05) is 45.3 Å². The van der Waals surface area contributed by atoms with Crippen LogP contribution in [0, 0.1) is 0 Å². The molecule has 0 saturated heterocycles. The molecule has 0 bridgehead atoms. The van der Waals surface area contributed by atoms with Gasteiger partial charge in [-0.2, -0.15) is 26.3 Å². The lowest BCUT2D eigenvalue weighted by atomic mass is 9.95. The summed E-state index contributed by atoms with van der Waals surface area (Å²) in [6.45, 7) is 3.32. The van der Waals surface area contributed by atoms with Crippen LogP contribution in [0.3, 0.4) is 0 Å². The first-order valence-electron chi connectivity index (χ1n) is 15.8. The Labute approximate surface area is 318 Å². The molecule has 0 fully saturated rings. The van der Waals surface area contributed by atoms with Crippen LogP contribution in [0.2, 0.25) is 10.0 Å². The van der Waals surface area contributed by atoms with Crippen LogP contribution in [0.4, 0.5) is 26.3 Å². The van der Waals surface area contributed by atoms with E-state index in [1.54, 1.807) is 62.4 Å². The van der Waals surface area contributed by atoms with Crippen LogP contribution in [0.15, 0.2) is 105 Å². The van der Waals surface area contributed by atoms with Crippen molar-refractivity contribution in [3.63, 3.8) is 0 Å². The van der Waals surface area contributed by atoms with E-state index < -0.39 is 42.8 Å². The molecule has 52 heavy (non-hydrogen) atoms. The molecule has 4 N–H and O–H groups in total. The van der Waals surface area contributed by atoms with Crippen LogP contribution in [0.5, 0.6) is 0 Å². The molecule has 0 aromatic heterocycles. The summed E-state index contributed by atoms with van der Waals surface area (Å²) in [5.74, 6) is 0. The minimum Gasteiger partial charge on any atom is -0.323 e. The molecule has 4 aromatic rings. The third-order valence-electron chi connectivity index (χ3n) is 7.77. The first-order chi connectivity index (χ1) is 24.2. The van der Waals surface area contributed by atoms with Crippen molar-refractivity contribution in [3.05, 3.63) is 117 Å². The van der Waals surface area contributed by atoms with Gasteiger partial charge in [-0.05, 0) is 111 Å². The van der Waals surface area contributed by atoms with Gasteiger partial charge in [-0.15, -0.1) is 9.05 Å². The summed E-state index contributed by atoms with van der Waals surface area (Å²) in [5, 5.41) is 0.883. The Hall–Kier alpha value is -2.32. The van der Waals surface area contributed by atoms with E-state index >= 15 is 0 Å². The molecule has 2 atom stereocenters. The second-order valence-electron chi connectivity index (χ2n) is 12.8. The van der Waals surface area contributed by atoms with Crippen LogP contribution in [0.1, 0.15) is 48.9 Å². The molecule has 0 radical (unpaired) electrons. The summed E-state index contributed by atoms with van der Waals surface area (Å²) in [7, 11) is -2.54. The van der Waals surface area contributed by atoms with Crippen molar-refractivity contribution in [3.8, 4) is 0 Å². The van der Waals surface area contributed by atoms with Gasteiger partial charge in [-0.1, -0.05) is 71.0 Å². The largest absolute Gasteiger partial charge is 0.697 e. The van der Waals surface area contributed by atoms with Gasteiger partial charge >= 0.3 is 20.6 Å². The summed E-state index contributed by atoms with van der Waals surface area (Å²) >= 11 is 15.3.